The molecule has 0 aromatic heterocycles. The second-order valence-corrected chi connectivity index (χ2v) is 3.22. The van der Waals surface area contributed by atoms with Crippen molar-refractivity contribution in [3.8, 4) is 0 Å². The number of guanidine groups is 1. The van der Waals surface area contributed by atoms with Gasteiger partial charge in [-0.1, -0.05) is 11.6 Å². The van der Waals surface area contributed by atoms with Crippen LogP contribution in [0.2, 0.25) is 0 Å². The highest BCUT2D eigenvalue weighted by Gasteiger charge is 2.06. The summed E-state index contributed by atoms with van der Waals surface area (Å²) in [5.41, 5.74) is 9.03. The van der Waals surface area contributed by atoms with Crippen molar-refractivity contribution in [1.29, 1.82) is 0 Å². The number of aliphatic imine (C=N–C) groups is 1. The zero-order chi connectivity index (χ0) is 9.68. The standard InChI is InChI=1S/C8H17N5/c1-13-4-2-7(3-5-13)6-11-8(9)12-10/h2H,3-6,10H2,1H3,(H3,9,11,12). The van der Waals surface area contributed by atoms with Crippen molar-refractivity contribution >= 4 is 5.96 Å². The zero-order valence-corrected chi connectivity index (χ0v) is 7.95. The lowest BCUT2D eigenvalue weighted by molar-refractivity contribution is 0.358. The molecule has 13 heavy (non-hydrogen) atoms. The Morgan fingerprint density at radius 2 is 2.54 bits per heavy atom. The summed E-state index contributed by atoms with van der Waals surface area (Å²) in [5, 5.41) is 0. The molecule has 0 aromatic rings. The second kappa shape index (κ2) is 4.84. The third kappa shape index (κ3) is 3.43. The quantitative estimate of drug-likeness (QED) is 0.169. The molecule has 5 heteroatoms. The monoisotopic (exact) mass is 183 g/mol. The Balaban J connectivity index is 2.38. The molecule has 5 nitrogen and oxygen atoms in total. The van der Waals surface area contributed by atoms with Crippen molar-refractivity contribution in [1.82, 2.24) is 10.3 Å². The normalized spacial score (nSPS) is 19.8. The average Bonchev–Trinajstić information content (AvgIpc) is 2.16. The van der Waals surface area contributed by atoms with Crippen molar-refractivity contribution in [2.45, 2.75) is 6.42 Å². The molecule has 0 bridgehead atoms. The molecule has 0 aliphatic carbocycles. The summed E-state index contributed by atoms with van der Waals surface area (Å²) < 4.78 is 0. The van der Waals surface area contributed by atoms with E-state index in [-0.39, 0.29) is 0 Å². The van der Waals surface area contributed by atoms with Gasteiger partial charge < -0.3 is 10.6 Å². The third-order valence-electron chi connectivity index (χ3n) is 2.11. The van der Waals surface area contributed by atoms with Gasteiger partial charge in [-0.2, -0.15) is 0 Å². The van der Waals surface area contributed by atoms with Crippen LogP contribution >= 0.6 is 0 Å². The third-order valence-corrected chi connectivity index (χ3v) is 2.11. The molecule has 74 valence electrons. The molecule has 5 N–H and O–H groups in total. The van der Waals surface area contributed by atoms with E-state index in [9.17, 15) is 0 Å². The first kappa shape index (κ1) is 10.0. The fourth-order valence-corrected chi connectivity index (χ4v) is 1.19. The predicted octanol–water partition coefficient (Wildman–Crippen LogP) is -0.974. The lowest BCUT2D eigenvalue weighted by atomic mass is 10.1. The van der Waals surface area contributed by atoms with E-state index in [1.54, 1.807) is 0 Å². The van der Waals surface area contributed by atoms with Crippen LogP contribution in [-0.4, -0.2) is 37.5 Å². The van der Waals surface area contributed by atoms with Crippen molar-refractivity contribution in [3.05, 3.63) is 11.6 Å². The molecule has 0 unspecified atom stereocenters. The molecule has 0 saturated carbocycles. The Hall–Kier alpha value is -1.07. The molecule has 0 radical (unpaired) electrons. The summed E-state index contributed by atoms with van der Waals surface area (Å²) in [5.74, 6) is 5.37. The Bertz CT molecular complexity index is 221. The molecular weight excluding hydrogens is 166 g/mol. The molecule has 0 amide bonds. The minimum atomic E-state index is 0.292. The molecule has 0 saturated heterocycles. The molecule has 1 rings (SSSR count). The fourth-order valence-electron chi connectivity index (χ4n) is 1.19. The van der Waals surface area contributed by atoms with E-state index in [2.05, 4.69) is 28.4 Å². The molecule has 0 spiro atoms. The zero-order valence-electron chi connectivity index (χ0n) is 7.95. The molecule has 0 aromatic carbocycles. The maximum absolute atomic E-state index is 5.39. The van der Waals surface area contributed by atoms with Crippen LogP contribution in [0.3, 0.4) is 0 Å². The van der Waals surface area contributed by atoms with Gasteiger partial charge >= 0.3 is 0 Å². The van der Waals surface area contributed by atoms with E-state index in [0.29, 0.717) is 12.5 Å². The summed E-state index contributed by atoms with van der Waals surface area (Å²) in [6, 6.07) is 0. The van der Waals surface area contributed by atoms with Crippen LogP contribution in [-0.2, 0) is 0 Å². The predicted molar refractivity (Wildman–Crippen MR) is 54.0 cm³/mol. The maximum Gasteiger partial charge on any atom is 0.203 e. The number of hydrogen-bond donors (Lipinski definition) is 3. The Labute approximate surface area is 78.5 Å². The Morgan fingerprint density at radius 1 is 1.77 bits per heavy atom. The first-order chi connectivity index (χ1) is 6.22. The molecule has 1 aliphatic rings. The van der Waals surface area contributed by atoms with E-state index in [1.165, 1.54) is 5.57 Å². The van der Waals surface area contributed by atoms with Crippen LogP contribution in [0.5, 0.6) is 0 Å². The van der Waals surface area contributed by atoms with Crippen LogP contribution in [0.25, 0.3) is 0 Å². The van der Waals surface area contributed by atoms with Crippen LogP contribution in [0.4, 0.5) is 0 Å². The summed E-state index contributed by atoms with van der Waals surface area (Å²) >= 11 is 0. The lowest BCUT2D eigenvalue weighted by Gasteiger charge is -2.20. The summed E-state index contributed by atoms with van der Waals surface area (Å²) in [6.45, 7) is 2.75. The minimum absolute atomic E-state index is 0.292. The first-order valence-electron chi connectivity index (χ1n) is 4.35. The van der Waals surface area contributed by atoms with E-state index >= 15 is 0 Å². The maximum atomic E-state index is 5.39. The number of rotatable bonds is 2. The van der Waals surface area contributed by atoms with E-state index in [0.717, 1.165) is 19.5 Å². The number of nitrogens with zero attached hydrogens (tertiary/aromatic N) is 2. The molecule has 1 aliphatic heterocycles. The van der Waals surface area contributed by atoms with Crippen molar-refractivity contribution < 1.29 is 0 Å². The van der Waals surface area contributed by atoms with Gasteiger partial charge in [0.1, 0.15) is 0 Å². The number of likely N-dealkylation sites (N-methyl/N-ethyl adjacent to an activating group) is 1. The minimum Gasteiger partial charge on any atom is -0.369 e. The van der Waals surface area contributed by atoms with E-state index in [1.807, 2.05) is 0 Å². The van der Waals surface area contributed by atoms with Gasteiger partial charge in [0, 0.05) is 13.1 Å². The van der Waals surface area contributed by atoms with Crippen molar-refractivity contribution in [2.24, 2.45) is 16.6 Å². The van der Waals surface area contributed by atoms with Crippen molar-refractivity contribution in [3.63, 3.8) is 0 Å². The van der Waals surface area contributed by atoms with Gasteiger partial charge in [-0.15, -0.1) is 0 Å². The summed E-state index contributed by atoms with van der Waals surface area (Å²) in [6.07, 6.45) is 3.26. The number of hydrazine groups is 1. The largest absolute Gasteiger partial charge is 0.369 e. The van der Waals surface area contributed by atoms with Gasteiger partial charge in [-0.25, -0.2) is 10.8 Å². The highest BCUT2D eigenvalue weighted by Crippen LogP contribution is 2.08. The van der Waals surface area contributed by atoms with Crippen LogP contribution in [0, 0.1) is 0 Å². The SMILES string of the molecule is CN1CC=C(CN=C(N)NN)CC1. The number of nitrogens with two attached hydrogens (primary N) is 2. The van der Waals surface area contributed by atoms with Gasteiger partial charge in [0.2, 0.25) is 5.96 Å². The highest BCUT2D eigenvalue weighted by molar-refractivity contribution is 5.77. The molecular formula is C8H17N5. The number of hydrogen-bond acceptors (Lipinski definition) is 3. The molecule has 1 heterocycles. The summed E-state index contributed by atoms with van der Waals surface area (Å²) in [4.78, 5) is 6.32. The van der Waals surface area contributed by atoms with Crippen LogP contribution in [0.15, 0.2) is 16.6 Å². The average molecular weight is 183 g/mol. The van der Waals surface area contributed by atoms with Crippen LogP contribution in [0.1, 0.15) is 6.42 Å². The molecule has 0 fully saturated rings. The Morgan fingerprint density at radius 3 is 3.08 bits per heavy atom. The van der Waals surface area contributed by atoms with E-state index < -0.39 is 0 Å². The molecule has 0 atom stereocenters. The number of nitrogens with one attached hydrogen (secondary N) is 1. The van der Waals surface area contributed by atoms with E-state index in [4.69, 9.17) is 11.6 Å². The van der Waals surface area contributed by atoms with Gasteiger partial charge in [0.25, 0.3) is 0 Å². The smallest absolute Gasteiger partial charge is 0.203 e. The summed E-state index contributed by atoms with van der Waals surface area (Å²) in [7, 11) is 2.10. The van der Waals surface area contributed by atoms with Gasteiger partial charge in [-0.05, 0) is 13.5 Å². The topological polar surface area (TPSA) is 79.7 Å². The fraction of sp³-hybridized carbons (Fsp3) is 0.625. The van der Waals surface area contributed by atoms with Gasteiger partial charge in [0.05, 0.1) is 6.54 Å². The second-order valence-electron chi connectivity index (χ2n) is 3.22. The van der Waals surface area contributed by atoms with Gasteiger partial charge in [-0.3, -0.25) is 5.43 Å². The highest BCUT2D eigenvalue weighted by atomic mass is 15.3. The Kier molecular flexibility index (Phi) is 3.72. The first-order valence-corrected chi connectivity index (χ1v) is 4.35. The van der Waals surface area contributed by atoms with Crippen molar-refractivity contribution in [2.75, 3.05) is 26.7 Å². The van der Waals surface area contributed by atoms with Crippen LogP contribution < -0.4 is 17.0 Å². The van der Waals surface area contributed by atoms with Gasteiger partial charge in [0.15, 0.2) is 0 Å². The lowest BCUT2D eigenvalue weighted by Crippen LogP contribution is -2.37.